The number of nitrogens with one attached hydrogen (secondary N) is 1. The van der Waals surface area contributed by atoms with Crippen LogP contribution >= 0.6 is 11.6 Å². The van der Waals surface area contributed by atoms with E-state index in [0.29, 0.717) is 30.1 Å². The first-order valence-corrected chi connectivity index (χ1v) is 10.8. The van der Waals surface area contributed by atoms with E-state index in [0.717, 1.165) is 49.2 Å². The molecule has 3 aromatic rings. The Bertz CT molecular complexity index is 1060. The maximum Gasteiger partial charge on any atom is 0.252 e. The number of benzene rings is 2. The number of imidazole rings is 1. The van der Waals surface area contributed by atoms with Crippen molar-refractivity contribution < 1.29 is 9.59 Å². The predicted octanol–water partition coefficient (Wildman–Crippen LogP) is 3.67. The van der Waals surface area contributed by atoms with E-state index in [-0.39, 0.29) is 11.8 Å². The van der Waals surface area contributed by atoms with Gasteiger partial charge in [-0.25, -0.2) is 4.98 Å². The van der Waals surface area contributed by atoms with Gasteiger partial charge in [0.1, 0.15) is 12.4 Å². The third kappa shape index (κ3) is 4.49. The summed E-state index contributed by atoms with van der Waals surface area (Å²) in [6.45, 7) is 2.50. The molecule has 1 aliphatic heterocycles. The van der Waals surface area contributed by atoms with Crippen LogP contribution in [0, 0.1) is 0 Å². The number of hydrogen-bond acceptors (Lipinski definition) is 3. The largest absolute Gasteiger partial charge is 0.352 e. The summed E-state index contributed by atoms with van der Waals surface area (Å²) in [6.07, 6.45) is 3.55. The van der Waals surface area contributed by atoms with Crippen LogP contribution < -0.4 is 5.32 Å². The number of nitrogens with zero attached hydrogens (tertiary/aromatic N) is 3. The molecule has 0 unspecified atom stereocenters. The smallest absolute Gasteiger partial charge is 0.252 e. The second-order valence-electron chi connectivity index (χ2n) is 7.53. The number of fused-ring (bicyclic) bond motifs is 1. The maximum atomic E-state index is 12.7. The highest BCUT2D eigenvalue weighted by molar-refractivity contribution is 6.33. The first-order valence-electron chi connectivity index (χ1n) is 10.4. The van der Waals surface area contributed by atoms with Gasteiger partial charge in [0.2, 0.25) is 5.91 Å². The molecule has 1 aliphatic rings. The van der Waals surface area contributed by atoms with Crippen molar-refractivity contribution in [2.24, 2.45) is 0 Å². The van der Waals surface area contributed by atoms with Gasteiger partial charge < -0.3 is 14.8 Å². The Kier molecular flexibility index (Phi) is 6.33. The van der Waals surface area contributed by atoms with Crippen molar-refractivity contribution in [3.63, 3.8) is 0 Å². The minimum atomic E-state index is -0.182. The van der Waals surface area contributed by atoms with Gasteiger partial charge in [-0.05, 0) is 43.5 Å². The highest BCUT2D eigenvalue weighted by Crippen LogP contribution is 2.19. The number of amides is 2. The average Bonchev–Trinajstić information content (AvgIpc) is 3.40. The molecule has 1 fully saturated rings. The molecule has 6 nitrogen and oxygen atoms in total. The molecule has 2 amide bonds. The lowest BCUT2D eigenvalue weighted by molar-refractivity contribution is -0.130. The zero-order valence-electron chi connectivity index (χ0n) is 16.8. The number of aromatic nitrogens is 2. The summed E-state index contributed by atoms with van der Waals surface area (Å²) in [5, 5.41) is 3.36. The summed E-state index contributed by atoms with van der Waals surface area (Å²) in [5.74, 6) is 0.831. The number of aryl methyl sites for hydroxylation is 1. The molecule has 1 N–H and O–H groups in total. The molecule has 4 rings (SSSR count). The molecule has 7 heteroatoms. The van der Waals surface area contributed by atoms with E-state index in [2.05, 4.69) is 5.32 Å². The van der Waals surface area contributed by atoms with E-state index in [1.54, 1.807) is 24.3 Å². The molecule has 1 saturated heterocycles. The van der Waals surface area contributed by atoms with Crippen LogP contribution in [0.1, 0.15) is 35.4 Å². The van der Waals surface area contributed by atoms with Crippen molar-refractivity contribution >= 4 is 34.4 Å². The first-order chi connectivity index (χ1) is 14.6. The van der Waals surface area contributed by atoms with Gasteiger partial charge in [-0.1, -0.05) is 35.9 Å². The second kappa shape index (κ2) is 9.30. The Morgan fingerprint density at radius 2 is 1.77 bits per heavy atom. The number of rotatable bonds is 7. The van der Waals surface area contributed by atoms with Gasteiger partial charge in [-0.2, -0.15) is 0 Å². The molecule has 2 heterocycles. The highest BCUT2D eigenvalue weighted by Gasteiger charge is 2.20. The standard InChI is InChI=1S/C23H25ClN4O2/c24-18-9-2-1-8-17(18)23(30)25-13-7-12-21-26-19-10-3-4-11-20(19)28(21)16-22(29)27-14-5-6-15-27/h1-4,8-11H,5-7,12-16H2,(H,25,30). The normalized spacial score (nSPS) is 13.7. The van der Waals surface area contributed by atoms with Gasteiger partial charge in [0, 0.05) is 26.1 Å². The Labute approximate surface area is 180 Å². The molecule has 0 atom stereocenters. The lowest BCUT2D eigenvalue weighted by atomic mass is 10.2. The van der Waals surface area contributed by atoms with E-state index >= 15 is 0 Å². The zero-order valence-corrected chi connectivity index (χ0v) is 17.6. The number of likely N-dealkylation sites (tertiary alicyclic amines) is 1. The van der Waals surface area contributed by atoms with Crippen molar-refractivity contribution in [1.29, 1.82) is 0 Å². The molecule has 0 spiro atoms. The third-order valence-corrected chi connectivity index (χ3v) is 5.80. The van der Waals surface area contributed by atoms with Crippen LogP contribution in [0.15, 0.2) is 48.5 Å². The molecule has 30 heavy (non-hydrogen) atoms. The SMILES string of the molecule is O=C(NCCCc1nc2ccccc2n1CC(=O)N1CCCC1)c1ccccc1Cl. The number of halogens is 1. The molecule has 0 bridgehead atoms. The second-order valence-corrected chi connectivity index (χ2v) is 7.94. The lowest BCUT2D eigenvalue weighted by Gasteiger charge is -2.17. The fourth-order valence-electron chi connectivity index (χ4n) is 3.88. The maximum absolute atomic E-state index is 12.7. The molecule has 0 radical (unpaired) electrons. The van der Waals surface area contributed by atoms with Crippen molar-refractivity contribution in [2.45, 2.75) is 32.2 Å². The minimum Gasteiger partial charge on any atom is -0.352 e. The van der Waals surface area contributed by atoms with Crippen molar-refractivity contribution in [3.8, 4) is 0 Å². The fraction of sp³-hybridized carbons (Fsp3) is 0.348. The number of hydrogen-bond donors (Lipinski definition) is 1. The van der Waals surface area contributed by atoms with Gasteiger partial charge >= 0.3 is 0 Å². The summed E-state index contributed by atoms with van der Waals surface area (Å²) < 4.78 is 2.02. The van der Waals surface area contributed by atoms with Gasteiger partial charge in [-0.3, -0.25) is 9.59 Å². The van der Waals surface area contributed by atoms with Crippen LogP contribution in [-0.2, 0) is 17.8 Å². The van der Waals surface area contributed by atoms with Crippen LogP contribution in [0.25, 0.3) is 11.0 Å². The summed E-state index contributed by atoms with van der Waals surface area (Å²) in [5.41, 5.74) is 2.34. The highest BCUT2D eigenvalue weighted by atomic mass is 35.5. The Balaban J connectivity index is 1.41. The lowest BCUT2D eigenvalue weighted by Crippen LogP contribution is -2.31. The summed E-state index contributed by atoms with van der Waals surface area (Å²) in [6, 6.07) is 14.9. The van der Waals surface area contributed by atoms with E-state index in [9.17, 15) is 9.59 Å². The van der Waals surface area contributed by atoms with E-state index in [4.69, 9.17) is 16.6 Å². The van der Waals surface area contributed by atoms with Gasteiger partial charge in [0.15, 0.2) is 0 Å². The summed E-state index contributed by atoms with van der Waals surface area (Å²) >= 11 is 6.09. The molecule has 0 saturated carbocycles. The molecular weight excluding hydrogens is 400 g/mol. The first kappa shape index (κ1) is 20.4. The minimum absolute atomic E-state index is 0.143. The van der Waals surface area contributed by atoms with Crippen LogP contribution in [0.2, 0.25) is 5.02 Å². The van der Waals surface area contributed by atoms with Gasteiger partial charge in [0.25, 0.3) is 5.91 Å². The van der Waals surface area contributed by atoms with Crippen LogP contribution in [0.4, 0.5) is 0 Å². The summed E-state index contributed by atoms with van der Waals surface area (Å²) in [7, 11) is 0. The van der Waals surface area contributed by atoms with Crippen molar-refractivity contribution in [1.82, 2.24) is 19.8 Å². The average molecular weight is 425 g/mol. The fourth-order valence-corrected chi connectivity index (χ4v) is 4.11. The van der Waals surface area contributed by atoms with Crippen LogP contribution in [0.3, 0.4) is 0 Å². The monoisotopic (exact) mass is 424 g/mol. The molecule has 1 aromatic heterocycles. The predicted molar refractivity (Wildman–Crippen MR) is 118 cm³/mol. The Morgan fingerprint density at radius 3 is 2.57 bits per heavy atom. The third-order valence-electron chi connectivity index (χ3n) is 5.47. The molecular formula is C23H25ClN4O2. The summed E-state index contributed by atoms with van der Waals surface area (Å²) in [4.78, 5) is 31.7. The van der Waals surface area contributed by atoms with Gasteiger partial charge in [0.05, 0.1) is 21.6 Å². The van der Waals surface area contributed by atoms with Crippen LogP contribution in [-0.4, -0.2) is 45.9 Å². The van der Waals surface area contributed by atoms with Crippen LogP contribution in [0.5, 0.6) is 0 Å². The van der Waals surface area contributed by atoms with E-state index in [1.165, 1.54) is 0 Å². The number of carbonyl (C=O) groups excluding carboxylic acids is 2. The van der Waals surface area contributed by atoms with E-state index < -0.39 is 0 Å². The van der Waals surface area contributed by atoms with E-state index in [1.807, 2.05) is 33.7 Å². The zero-order chi connectivity index (χ0) is 20.9. The molecule has 156 valence electrons. The quantitative estimate of drug-likeness (QED) is 0.588. The topological polar surface area (TPSA) is 67.2 Å². The van der Waals surface area contributed by atoms with Gasteiger partial charge in [-0.15, -0.1) is 0 Å². The number of para-hydroxylation sites is 2. The number of carbonyl (C=O) groups is 2. The van der Waals surface area contributed by atoms with Crippen molar-refractivity contribution in [3.05, 3.63) is 64.9 Å². The van der Waals surface area contributed by atoms with Crippen molar-refractivity contribution in [2.75, 3.05) is 19.6 Å². The molecule has 2 aromatic carbocycles. The Hall–Kier alpha value is -2.86. The Morgan fingerprint density at radius 1 is 1.03 bits per heavy atom. The molecule has 0 aliphatic carbocycles.